The standard InChI is InChI=1S/C19H33N5O2/c1-4-12(2)21-19(25)15-9-13(3)24(16-8-6-5-7-14(15)16)11-17-22-18(10-20)26-23-17/h12-16H,4-11,20H2,1-3H3,(H,21,25). The third-order valence-electron chi connectivity index (χ3n) is 6.23. The van der Waals surface area contributed by atoms with Crippen LogP contribution in [0.15, 0.2) is 4.52 Å². The highest BCUT2D eigenvalue weighted by Crippen LogP contribution is 2.42. The van der Waals surface area contributed by atoms with Gasteiger partial charge in [0.1, 0.15) is 0 Å². The molecule has 1 aliphatic heterocycles. The van der Waals surface area contributed by atoms with Gasteiger partial charge in [0.05, 0.1) is 13.1 Å². The summed E-state index contributed by atoms with van der Waals surface area (Å²) in [6.07, 6.45) is 6.58. The van der Waals surface area contributed by atoms with E-state index in [2.05, 4.69) is 41.1 Å². The van der Waals surface area contributed by atoms with Crippen LogP contribution in [0.25, 0.3) is 0 Å². The molecule has 1 aromatic heterocycles. The SMILES string of the molecule is CCC(C)NC(=O)C1CC(C)N(Cc2noc(CN)n2)C2CCCCC12. The monoisotopic (exact) mass is 363 g/mol. The molecule has 1 amide bonds. The molecule has 7 nitrogen and oxygen atoms in total. The molecular weight excluding hydrogens is 330 g/mol. The fourth-order valence-corrected chi connectivity index (χ4v) is 4.65. The summed E-state index contributed by atoms with van der Waals surface area (Å²) in [5.74, 6) is 1.96. The van der Waals surface area contributed by atoms with Crippen LogP contribution < -0.4 is 11.1 Å². The van der Waals surface area contributed by atoms with Crippen LogP contribution in [0.3, 0.4) is 0 Å². The van der Waals surface area contributed by atoms with E-state index in [9.17, 15) is 4.79 Å². The molecule has 1 aromatic rings. The fraction of sp³-hybridized carbons (Fsp3) is 0.842. The molecule has 3 N–H and O–H groups in total. The van der Waals surface area contributed by atoms with Crippen LogP contribution in [0.4, 0.5) is 0 Å². The first-order valence-corrected chi connectivity index (χ1v) is 10.1. The van der Waals surface area contributed by atoms with Crippen molar-refractivity contribution in [2.24, 2.45) is 17.6 Å². The lowest BCUT2D eigenvalue weighted by atomic mass is 9.69. The number of carbonyl (C=O) groups excluding carboxylic acids is 1. The molecule has 26 heavy (non-hydrogen) atoms. The summed E-state index contributed by atoms with van der Waals surface area (Å²) in [5.41, 5.74) is 5.58. The number of nitrogens with one attached hydrogen (secondary N) is 1. The molecule has 7 heteroatoms. The number of hydrogen-bond acceptors (Lipinski definition) is 6. The molecular formula is C19H33N5O2. The third-order valence-corrected chi connectivity index (χ3v) is 6.23. The Hall–Kier alpha value is -1.47. The second-order valence-electron chi connectivity index (χ2n) is 8.01. The largest absolute Gasteiger partial charge is 0.353 e. The highest BCUT2D eigenvalue weighted by molar-refractivity contribution is 5.79. The molecule has 5 unspecified atom stereocenters. The zero-order chi connectivity index (χ0) is 18.7. The molecule has 1 saturated carbocycles. The van der Waals surface area contributed by atoms with Crippen LogP contribution >= 0.6 is 0 Å². The van der Waals surface area contributed by atoms with Gasteiger partial charge in [0.25, 0.3) is 0 Å². The zero-order valence-electron chi connectivity index (χ0n) is 16.3. The number of carbonyl (C=O) groups is 1. The van der Waals surface area contributed by atoms with E-state index in [1.165, 1.54) is 12.8 Å². The van der Waals surface area contributed by atoms with Crippen molar-refractivity contribution in [1.29, 1.82) is 0 Å². The van der Waals surface area contributed by atoms with E-state index in [1.807, 2.05) is 0 Å². The van der Waals surface area contributed by atoms with Gasteiger partial charge in [0, 0.05) is 24.0 Å². The van der Waals surface area contributed by atoms with Crippen molar-refractivity contribution in [3.05, 3.63) is 11.7 Å². The highest BCUT2D eigenvalue weighted by atomic mass is 16.5. The average Bonchev–Trinajstić information content (AvgIpc) is 3.11. The number of hydrogen-bond donors (Lipinski definition) is 2. The first-order chi connectivity index (χ1) is 12.5. The van der Waals surface area contributed by atoms with E-state index in [0.717, 1.165) is 25.7 Å². The van der Waals surface area contributed by atoms with E-state index >= 15 is 0 Å². The van der Waals surface area contributed by atoms with Crippen molar-refractivity contribution in [2.75, 3.05) is 0 Å². The highest BCUT2D eigenvalue weighted by Gasteiger charge is 2.45. The van der Waals surface area contributed by atoms with E-state index in [0.29, 0.717) is 36.3 Å². The third kappa shape index (κ3) is 4.09. The maximum atomic E-state index is 12.9. The molecule has 0 bridgehead atoms. The van der Waals surface area contributed by atoms with Gasteiger partial charge in [-0.25, -0.2) is 0 Å². The van der Waals surface area contributed by atoms with E-state index in [1.54, 1.807) is 0 Å². The van der Waals surface area contributed by atoms with Gasteiger partial charge in [-0.2, -0.15) is 4.98 Å². The van der Waals surface area contributed by atoms with Gasteiger partial charge in [0.2, 0.25) is 11.8 Å². The molecule has 5 atom stereocenters. The van der Waals surface area contributed by atoms with Crippen molar-refractivity contribution in [3.63, 3.8) is 0 Å². The van der Waals surface area contributed by atoms with E-state index in [-0.39, 0.29) is 24.4 Å². The quantitative estimate of drug-likeness (QED) is 0.804. The summed E-state index contributed by atoms with van der Waals surface area (Å²) in [4.78, 5) is 19.8. The lowest BCUT2D eigenvalue weighted by molar-refractivity contribution is -0.134. The van der Waals surface area contributed by atoms with Gasteiger partial charge in [-0.05, 0) is 45.4 Å². The van der Waals surface area contributed by atoms with E-state index in [4.69, 9.17) is 10.3 Å². The number of likely N-dealkylation sites (tertiary alicyclic amines) is 1. The molecule has 0 spiro atoms. The molecule has 2 heterocycles. The van der Waals surface area contributed by atoms with Crippen molar-refractivity contribution in [1.82, 2.24) is 20.4 Å². The lowest BCUT2D eigenvalue weighted by Crippen LogP contribution is -2.57. The Morgan fingerprint density at radius 3 is 2.88 bits per heavy atom. The second-order valence-corrected chi connectivity index (χ2v) is 8.01. The summed E-state index contributed by atoms with van der Waals surface area (Å²) >= 11 is 0. The molecule has 0 radical (unpaired) electrons. The Balaban J connectivity index is 1.74. The predicted octanol–water partition coefficient (Wildman–Crippen LogP) is 2.21. The molecule has 0 aromatic carbocycles. The Labute approximate surface area is 156 Å². The van der Waals surface area contributed by atoms with Gasteiger partial charge in [0.15, 0.2) is 5.82 Å². The maximum Gasteiger partial charge on any atom is 0.240 e. The molecule has 3 rings (SSSR count). The summed E-state index contributed by atoms with van der Waals surface area (Å²) in [7, 11) is 0. The minimum atomic E-state index is 0.116. The number of rotatable bonds is 6. The number of amides is 1. The maximum absolute atomic E-state index is 12.9. The number of aromatic nitrogens is 2. The van der Waals surface area contributed by atoms with Crippen LogP contribution in [-0.4, -0.2) is 39.1 Å². The number of fused-ring (bicyclic) bond motifs is 1. The molecule has 2 aliphatic rings. The van der Waals surface area contributed by atoms with Gasteiger partial charge in [-0.15, -0.1) is 0 Å². The molecule has 1 saturated heterocycles. The topological polar surface area (TPSA) is 97.3 Å². The Bertz CT molecular complexity index is 605. The second kappa shape index (κ2) is 8.48. The van der Waals surface area contributed by atoms with Crippen molar-refractivity contribution in [3.8, 4) is 0 Å². The van der Waals surface area contributed by atoms with Gasteiger partial charge < -0.3 is 15.6 Å². The summed E-state index contributed by atoms with van der Waals surface area (Å²) in [5, 5.41) is 7.29. The van der Waals surface area contributed by atoms with Crippen LogP contribution in [-0.2, 0) is 17.9 Å². The zero-order valence-corrected chi connectivity index (χ0v) is 16.3. The smallest absolute Gasteiger partial charge is 0.240 e. The fourth-order valence-electron chi connectivity index (χ4n) is 4.65. The molecule has 146 valence electrons. The summed E-state index contributed by atoms with van der Waals surface area (Å²) in [6, 6.07) is 0.980. The first kappa shape index (κ1) is 19.3. The van der Waals surface area contributed by atoms with Gasteiger partial charge in [-0.1, -0.05) is 24.9 Å². The Morgan fingerprint density at radius 2 is 2.19 bits per heavy atom. The van der Waals surface area contributed by atoms with Crippen molar-refractivity contribution in [2.45, 2.75) is 90.5 Å². The summed E-state index contributed by atoms with van der Waals surface area (Å²) in [6.45, 7) is 7.36. The Kier molecular flexibility index (Phi) is 6.29. The van der Waals surface area contributed by atoms with Crippen LogP contribution in [0.5, 0.6) is 0 Å². The Morgan fingerprint density at radius 1 is 1.42 bits per heavy atom. The minimum absolute atomic E-state index is 0.116. The van der Waals surface area contributed by atoms with Gasteiger partial charge >= 0.3 is 0 Å². The first-order valence-electron chi connectivity index (χ1n) is 10.1. The average molecular weight is 364 g/mol. The van der Waals surface area contributed by atoms with Crippen molar-refractivity contribution < 1.29 is 9.32 Å². The normalized spacial score (nSPS) is 30.6. The molecule has 1 aliphatic carbocycles. The van der Waals surface area contributed by atoms with Gasteiger partial charge in [-0.3, -0.25) is 9.69 Å². The number of nitrogens with zero attached hydrogens (tertiary/aromatic N) is 3. The predicted molar refractivity (Wildman–Crippen MR) is 98.9 cm³/mol. The summed E-state index contributed by atoms with van der Waals surface area (Å²) < 4.78 is 5.17. The van der Waals surface area contributed by atoms with Crippen LogP contribution in [0, 0.1) is 11.8 Å². The minimum Gasteiger partial charge on any atom is -0.353 e. The lowest BCUT2D eigenvalue weighted by Gasteiger charge is -2.50. The number of piperidine rings is 1. The van der Waals surface area contributed by atoms with Crippen LogP contribution in [0.1, 0.15) is 71.0 Å². The van der Waals surface area contributed by atoms with E-state index < -0.39 is 0 Å². The number of nitrogens with two attached hydrogens (primary N) is 1. The van der Waals surface area contributed by atoms with Crippen molar-refractivity contribution >= 4 is 5.91 Å². The molecule has 2 fully saturated rings. The van der Waals surface area contributed by atoms with Crippen LogP contribution in [0.2, 0.25) is 0 Å².